The molecule has 0 bridgehead atoms. The van der Waals surface area contributed by atoms with Gasteiger partial charge in [0.05, 0.1) is 0 Å². The fourth-order valence-electron chi connectivity index (χ4n) is 2.06. The van der Waals surface area contributed by atoms with Crippen LogP contribution in [0.4, 0.5) is 0 Å². The summed E-state index contributed by atoms with van der Waals surface area (Å²) in [6.07, 6.45) is 25.9. The zero-order valence-corrected chi connectivity index (χ0v) is 16.4. The van der Waals surface area contributed by atoms with Gasteiger partial charge in [0, 0.05) is 6.42 Å². The minimum atomic E-state index is -0.934. The van der Waals surface area contributed by atoms with Gasteiger partial charge in [-0.15, -0.1) is 0 Å². The molecule has 1 N–H and O–H groups in total. The van der Waals surface area contributed by atoms with E-state index in [0.29, 0.717) is 6.42 Å². The number of aliphatic carboxylic acids is 1. The summed E-state index contributed by atoms with van der Waals surface area (Å²) < 4.78 is 0. The first-order valence-electron chi connectivity index (χ1n) is 9.47. The predicted molar refractivity (Wildman–Crippen MR) is 115 cm³/mol. The van der Waals surface area contributed by atoms with Crippen LogP contribution in [-0.2, 0) is 4.79 Å². The number of hydrogen-bond donors (Lipinski definition) is 1. The van der Waals surface area contributed by atoms with E-state index in [1.807, 2.05) is 55.5 Å². The van der Waals surface area contributed by atoms with Crippen LogP contribution in [0.1, 0.15) is 45.4 Å². The molecule has 0 radical (unpaired) electrons. The Morgan fingerprint density at radius 3 is 1.89 bits per heavy atom. The van der Waals surface area contributed by atoms with Crippen molar-refractivity contribution in [3.63, 3.8) is 0 Å². The van der Waals surface area contributed by atoms with Gasteiger partial charge < -0.3 is 5.11 Å². The van der Waals surface area contributed by atoms with Crippen LogP contribution < -0.4 is 0 Å². The molecule has 0 rings (SSSR count). The molecule has 0 amide bonds. The van der Waals surface area contributed by atoms with E-state index in [1.165, 1.54) is 0 Å². The summed E-state index contributed by atoms with van der Waals surface area (Å²) in [7, 11) is 0. The molecule has 0 spiro atoms. The normalized spacial score (nSPS) is 14.9. The van der Waals surface area contributed by atoms with Gasteiger partial charge in [0.1, 0.15) is 12.1 Å². The van der Waals surface area contributed by atoms with E-state index >= 15 is 0 Å². The van der Waals surface area contributed by atoms with Crippen molar-refractivity contribution in [1.29, 1.82) is 0 Å². The quantitative estimate of drug-likeness (QED) is 0.199. The van der Waals surface area contributed by atoms with Gasteiger partial charge in [-0.3, -0.25) is 4.79 Å². The van der Waals surface area contributed by atoms with Crippen LogP contribution in [0.2, 0.25) is 0 Å². The molecule has 0 aliphatic rings. The van der Waals surface area contributed by atoms with Crippen molar-refractivity contribution in [2.24, 2.45) is 10.4 Å². The molecule has 0 saturated carbocycles. The summed E-state index contributed by atoms with van der Waals surface area (Å²) in [6.45, 7) is 2.05. The van der Waals surface area contributed by atoms with Gasteiger partial charge >= 0.3 is 5.97 Å². The zero-order chi connectivity index (χ0) is 20.9. The van der Waals surface area contributed by atoms with E-state index in [4.69, 9.17) is 5.11 Å². The highest BCUT2D eigenvalue weighted by atomic mass is 16.4. The average molecular weight is 386 g/mol. The Morgan fingerprint density at radius 1 is 0.821 bits per heavy atom. The fourth-order valence-corrected chi connectivity index (χ4v) is 2.06. The summed E-state index contributed by atoms with van der Waals surface area (Å²) in [4.78, 5) is 31.7. The van der Waals surface area contributed by atoms with Gasteiger partial charge in [0.15, 0.2) is 0 Å². The third-order valence-electron chi connectivity index (χ3n) is 3.58. The monoisotopic (exact) mass is 386 g/mol. The van der Waals surface area contributed by atoms with E-state index < -0.39 is 12.0 Å². The molecular weight excluding hydrogens is 356 g/mol. The minimum absolute atomic E-state index is 0.0713. The molecule has 152 valence electrons. The summed E-state index contributed by atoms with van der Waals surface area (Å²) in [5, 5.41) is 14.5. The smallest absolute Gasteiger partial charge is 0.303 e. The molecule has 6 nitrogen and oxygen atoms in total. The summed E-state index contributed by atoms with van der Waals surface area (Å²) >= 11 is 0. The van der Waals surface area contributed by atoms with Crippen LogP contribution in [0.5, 0.6) is 0 Å². The number of nitrogens with zero attached hydrogens (tertiary/aromatic N) is 2. The number of nitroso groups, excluding NO2 is 2. The van der Waals surface area contributed by atoms with Gasteiger partial charge in [-0.25, -0.2) is 0 Å². The van der Waals surface area contributed by atoms with Crippen LogP contribution in [-0.4, -0.2) is 23.2 Å². The minimum Gasteiger partial charge on any atom is -0.481 e. The number of hydrogen-bond acceptors (Lipinski definition) is 5. The lowest BCUT2D eigenvalue weighted by atomic mass is 10.1. The molecule has 0 aromatic rings. The number of allylic oxidation sites excluding steroid dienone is 9. The predicted octanol–water partition coefficient (Wildman–Crippen LogP) is 6.04. The Balaban J connectivity index is 4.02. The second-order valence-electron chi connectivity index (χ2n) is 5.96. The van der Waals surface area contributed by atoms with Gasteiger partial charge in [0.2, 0.25) is 0 Å². The number of carbonyl (C=O) groups is 1. The molecular formula is C22H30N2O4. The van der Waals surface area contributed by atoms with Crippen molar-refractivity contribution in [2.75, 3.05) is 0 Å². The lowest BCUT2D eigenvalue weighted by molar-refractivity contribution is -0.137. The molecule has 0 aliphatic carbocycles. The SMILES string of the molecule is CC/C=C\C[C@H](/C=C/C=C\C/C=C\C/C=C\C=C\[C@H](CCC(=O)O)N=O)N=O. The van der Waals surface area contributed by atoms with Gasteiger partial charge in [-0.05, 0) is 32.1 Å². The molecule has 0 saturated heterocycles. The molecule has 2 atom stereocenters. The highest BCUT2D eigenvalue weighted by molar-refractivity contribution is 5.66. The Morgan fingerprint density at radius 2 is 1.39 bits per heavy atom. The molecule has 0 aliphatic heterocycles. The highest BCUT2D eigenvalue weighted by Crippen LogP contribution is 2.04. The van der Waals surface area contributed by atoms with Crippen molar-refractivity contribution in [3.05, 3.63) is 82.7 Å². The lowest BCUT2D eigenvalue weighted by Crippen LogP contribution is -2.03. The maximum absolute atomic E-state index is 10.7. The number of carboxylic acid groups (broad SMARTS) is 1. The van der Waals surface area contributed by atoms with E-state index in [0.717, 1.165) is 19.3 Å². The first-order chi connectivity index (χ1) is 13.6. The number of rotatable bonds is 16. The third kappa shape index (κ3) is 16.6. The third-order valence-corrected chi connectivity index (χ3v) is 3.58. The molecule has 6 heteroatoms. The zero-order valence-electron chi connectivity index (χ0n) is 16.4. The largest absolute Gasteiger partial charge is 0.481 e. The van der Waals surface area contributed by atoms with Crippen molar-refractivity contribution in [1.82, 2.24) is 0 Å². The first kappa shape index (κ1) is 25.1. The second-order valence-corrected chi connectivity index (χ2v) is 5.96. The van der Waals surface area contributed by atoms with Crippen molar-refractivity contribution in [2.45, 2.75) is 57.5 Å². The Kier molecular flexibility index (Phi) is 16.9. The van der Waals surface area contributed by atoms with Crippen LogP contribution in [0.15, 0.2) is 83.3 Å². The highest BCUT2D eigenvalue weighted by Gasteiger charge is 2.06. The van der Waals surface area contributed by atoms with Crippen molar-refractivity contribution in [3.8, 4) is 0 Å². The van der Waals surface area contributed by atoms with E-state index in [2.05, 4.69) is 10.4 Å². The molecule has 0 heterocycles. The van der Waals surface area contributed by atoms with Crippen LogP contribution in [0.3, 0.4) is 0 Å². The van der Waals surface area contributed by atoms with Gasteiger partial charge in [0.25, 0.3) is 0 Å². The lowest BCUT2D eigenvalue weighted by Gasteiger charge is -1.99. The van der Waals surface area contributed by atoms with Crippen LogP contribution in [0.25, 0.3) is 0 Å². The second kappa shape index (κ2) is 18.9. The van der Waals surface area contributed by atoms with Gasteiger partial charge in [-0.1, -0.05) is 90.2 Å². The van der Waals surface area contributed by atoms with Crippen molar-refractivity contribution >= 4 is 5.97 Å². The molecule has 28 heavy (non-hydrogen) atoms. The maximum atomic E-state index is 10.7. The molecule has 0 fully saturated rings. The van der Waals surface area contributed by atoms with Crippen LogP contribution >= 0.6 is 0 Å². The Bertz CT molecular complexity index is 616. The topological polar surface area (TPSA) is 96.2 Å². The van der Waals surface area contributed by atoms with Crippen LogP contribution in [0, 0.1) is 9.81 Å². The summed E-state index contributed by atoms with van der Waals surface area (Å²) in [5.41, 5.74) is 0. The van der Waals surface area contributed by atoms with Crippen molar-refractivity contribution < 1.29 is 9.90 Å². The summed E-state index contributed by atoms with van der Waals surface area (Å²) in [6, 6.07) is -0.925. The molecule has 0 aromatic carbocycles. The Labute approximate surface area is 167 Å². The van der Waals surface area contributed by atoms with E-state index in [9.17, 15) is 14.6 Å². The van der Waals surface area contributed by atoms with E-state index in [1.54, 1.807) is 24.3 Å². The number of carboxylic acids is 1. The fraction of sp³-hybridized carbons (Fsp3) is 0.409. The molecule has 0 unspecified atom stereocenters. The molecule has 0 aromatic heterocycles. The van der Waals surface area contributed by atoms with E-state index in [-0.39, 0.29) is 18.9 Å². The average Bonchev–Trinajstić information content (AvgIpc) is 2.69. The Hall–Kier alpha value is -2.89. The standard InChI is InChI=1S/C22H30N2O4/c1-2-3-12-15-20(23-27)16-13-10-8-6-4-5-7-9-11-14-17-21(24-28)18-19-22(25)26/h3-5,8-14,16-17,20-21H,2,6-7,15,18-19H2,1H3,(H,25,26)/b5-4-,10-8-,11-9-,12-3-,16-13+,17-14+/t20-,21-/m1/s1. The van der Waals surface area contributed by atoms with Gasteiger partial charge in [-0.2, -0.15) is 9.81 Å². The maximum Gasteiger partial charge on any atom is 0.303 e. The first-order valence-corrected chi connectivity index (χ1v) is 9.47. The summed E-state index contributed by atoms with van der Waals surface area (Å²) in [5.74, 6) is -0.934.